The molecule has 5 nitrogen and oxygen atoms in total. The highest BCUT2D eigenvalue weighted by molar-refractivity contribution is 6.32. The van der Waals surface area contributed by atoms with Gasteiger partial charge < -0.3 is 15.3 Å². The zero-order chi connectivity index (χ0) is 14.2. The Hall–Kier alpha value is -1.75. The number of phenolic OH excluding ortho intramolecular Hbond substituents is 1. The van der Waals surface area contributed by atoms with Crippen molar-refractivity contribution in [3.63, 3.8) is 0 Å². The molecule has 2 N–H and O–H groups in total. The fraction of sp³-hybridized carbons (Fsp3) is 0.385. The Labute approximate surface area is 116 Å². The summed E-state index contributed by atoms with van der Waals surface area (Å²) in [6.07, 6.45) is 0. The van der Waals surface area contributed by atoms with E-state index < -0.39 is 5.54 Å². The molecular formula is C13H15ClN2O3. The molecule has 1 aromatic rings. The summed E-state index contributed by atoms with van der Waals surface area (Å²) in [7, 11) is 0. The molecule has 2 rings (SSSR count). The van der Waals surface area contributed by atoms with Gasteiger partial charge in [-0.2, -0.15) is 0 Å². The van der Waals surface area contributed by atoms with Crippen LogP contribution in [0.4, 0.5) is 0 Å². The van der Waals surface area contributed by atoms with Crippen LogP contribution in [0.5, 0.6) is 5.75 Å². The van der Waals surface area contributed by atoms with Gasteiger partial charge in [-0.25, -0.2) is 0 Å². The van der Waals surface area contributed by atoms with E-state index in [0.29, 0.717) is 18.7 Å². The molecule has 19 heavy (non-hydrogen) atoms. The van der Waals surface area contributed by atoms with Crippen molar-refractivity contribution >= 4 is 23.4 Å². The summed E-state index contributed by atoms with van der Waals surface area (Å²) in [5, 5.41) is 12.2. The number of benzene rings is 1. The summed E-state index contributed by atoms with van der Waals surface area (Å²) < 4.78 is 0. The second-order valence-corrected chi connectivity index (χ2v) is 5.35. The third-order valence-corrected chi connectivity index (χ3v) is 3.59. The van der Waals surface area contributed by atoms with Gasteiger partial charge in [0.15, 0.2) is 0 Å². The van der Waals surface area contributed by atoms with Gasteiger partial charge in [0.1, 0.15) is 11.3 Å². The topological polar surface area (TPSA) is 69.6 Å². The molecule has 1 aromatic carbocycles. The molecule has 0 aromatic heterocycles. The number of rotatable bonds is 1. The number of aromatic hydroxyl groups is 1. The molecule has 1 aliphatic rings. The number of nitrogens with zero attached hydrogens (tertiary/aromatic N) is 1. The second-order valence-electron chi connectivity index (χ2n) is 4.94. The van der Waals surface area contributed by atoms with Crippen molar-refractivity contribution in [2.24, 2.45) is 0 Å². The van der Waals surface area contributed by atoms with Crippen LogP contribution in [-0.2, 0) is 4.79 Å². The first-order chi connectivity index (χ1) is 8.84. The number of hydrogen-bond acceptors (Lipinski definition) is 3. The second kappa shape index (κ2) is 4.74. The zero-order valence-corrected chi connectivity index (χ0v) is 11.5. The molecule has 6 heteroatoms. The largest absolute Gasteiger partial charge is 0.506 e. The van der Waals surface area contributed by atoms with E-state index in [9.17, 15) is 14.7 Å². The highest BCUT2D eigenvalue weighted by atomic mass is 35.5. The molecule has 1 saturated heterocycles. The van der Waals surface area contributed by atoms with Crippen LogP contribution in [-0.4, -0.2) is 40.4 Å². The van der Waals surface area contributed by atoms with E-state index in [1.165, 1.54) is 23.1 Å². The van der Waals surface area contributed by atoms with Crippen molar-refractivity contribution in [3.05, 3.63) is 28.8 Å². The molecule has 0 radical (unpaired) electrons. The van der Waals surface area contributed by atoms with Crippen molar-refractivity contribution in [2.45, 2.75) is 19.4 Å². The van der Waals surface area contributed by atoms with E-state index in [2.05, 4.69) is 5.32 Å². The lowest BCUT2D eigenvalue weighted by Crippen LogP contribution is -2.63. The summed E-state index contributed by atoms with van der Waals surface area (Å²) in [5.74, 6) is -0.535. The molecule has 1 heterocycles. The molecule has 0 unspecified atom stereocenters. The van der Waals surface area contributed by atoms with Crippen LogP contribution in [0.2, 0.25) is 5.02 Å². The summed E-state index contributed by atoms with van der Waals surface area (Å²) in [6.45, 7) is 4.26. The first-order valence-electron chi connectivity index (χ1n) is 5.93. The van der Waals surface area contributed by atoms with Crippen LogP contribution in [0.15, 0.2) is 18.2 Å². The third-order valence-electron chi connectivity index (χ3n) is 3.29. The smallest absolute Gasteiger partial charge is 0.254 e. The van der Waals surface area contributed by atoms with Crippen LogP contribution < -0.4 is 5.32 Å². The van der Waals surface area contributed by atoms with Crippen LogP contribution in [0, 0.1) is 0 Å². The molecule has 0 spiro atoms. The minimum Gasteiger partial charge on any atom is -0.506 e. The first kappa shape index (κ1) is 13.7. The normalized spacial score (nSPS) is 18.1. The molecule has 0 saturated carbocycles. The third kappa shape index (κ3) is 2.38. The van der Waals surface area contributed by atoms with Gasteiger partial charge in [-0.3, -0.25) is 9.59 Å². The minimum absolute atomic E-state index is 0.0751. The molecular weight excluding hydrogens is 268 g/mol. The monoisotopic (exact) mass is 282 g/mol. The minimum atomic E-state index is -0.903. The highest BCUT2D eigenvalue weighted by Crippen LogP contribution is 2.26. The van der Waals surface area contributed by atoms with Gasteiger partial charge in [-0.05, 0) is 32.0 Å². The van der Waals surface area contributed by atoms with Crippen molar-refractivity contribution < 1.29 is 14.7 Å². The quantitative estimate of drug-likeness (QED) is 0.818. The van der Waals surface area contributed by atoms with Crippen LogP contribution in [0.1, 0.15) is 24.2 Å². The lowest BCUT2D eigenvalue weighted by Gasteiger charge is -2.41. The fourth-order valence-electron chi connectivity index (χ4n) is 2.05. The van der Waals surface area contributed by atoms with Gasteiger partial charge >= 0.3 is 0 Å². The summed E-state index contributed by atoms with van der Waals surface area (Å²) in [5.41, 5.74) is -0.551. The van der Waals surface area contributed by atoms with Gasteiger partial charge in [0.25, 0.3) is 5.91 Å². The van der Waals surface area contributed by atoms with Gasteiger partial charge in [-0.1, -0.05) is 11.6 Å². The summed E-state index contributed by atoms with van der Waals surface area (Å²) >= 11 is 5.80. The maximum absolute atomic E-state index is 12.4. The number of carbonyl (C=O) groups excluding carboxylic acids is 2. The number of halogens is 1. The Balaban J connectivity index is 2.32. The van der Waals surface area contributed by atoms with E-state index in [1.807, 2.05) is 0 Å². The Bertz CT molecular complexity index is 543. The first-order valence-corrected chi connectivity index (χ1v) is 6.30. The Morgan fingerprint density at radius 1 is 1.47 bits per heavy atom. The number of amides is 2. The van der Waals surface area contributed by atoms with E-state index in [0.717, 1.165) is 0 Å². The molecule has 0 atom stereocenters. The average molecular weight is 283 g/mol. The number of nitrogens with one attached hydrogen (secondary N) is 1. The summed E-state index contributed by atoms with van der Waals surface area (Å²) in [6, 6.07) is 4.26. The number of hydrogen-bond donors (Lipinski definition) is 2. The van der Waals surface area contributed by atoms with Crippen LogP contribution in [0.3, 0.4) is 0 Å². The number of piperazine rings is 1. The fourth-order valence-corrected chi connectivity index (χ4v) is 2.23. The SMILES string of the molecule is CC1(C)C(=O)NCCN1C(=O)c1ccc(O)c(Cl)c1. The molecule has 1 aliphatic heterocycles. The Kier molecular flexibility index (Phi) is 3.41. The van der Waals surface area contributed by atoms with E-state index >= 15 is 0 Å². The van der Waals surface area contributed by atoms with Crippen molar-refractivity contribution in [2.75, 3.05) is 13.1 Å². The van der Waals surface area contributed by atoms with Crippen molar-refractivity contribution in [3.8, 4) is 5.75 Å². The predicted octanol–water partition coefficient (Wildman–Crippen LogP) is 1.40. The Morgan fingerprint density at radius 3 is 2.79 bits per heavy atom. The summed E-state index contributed by atoms with van der Waals surface area (Å²) in [4.78, 5) is 25.8. The van der Waals surface area contributed by atoms with Gasteiger partial charge in [-0.15, -0.1) is 0 Å². The molecule has 0 bridgehead atoms. The van der Waals surface area contributed by atoms with Crippen LogP contribution in [0.25, 0.3) is 0 Å². The van der Waals surface area contributed by atoms with E-state index in [4.69, 9.17) is 11.6 Å². The number of phenols is 1. The lowest BCUT2D eigenvalue weighted by atomic mass is 9.97. The number of carbonyl (C=O) groups is 2. The molecule has 102 valence electrons. The lowest BCUT2D eigenvalue weighted by molar-refractivity contribution is -0.133. The Morgan fingerprint density at radius 2 is 2.16 bits per heavy atom. The van der Waals surface area contributed by atoms with Crippen molar-refractivity contribution in [1.82, 2.24) is 10.2 Å². The van der Waals surface area contributed by atoms with Gasteiger partial charge in [0.05, 0.1) is 5.02 Å². The highest BCUT2D eigenvalue weighted by Gasteiger charge is 2.40. The van der Waals surface area contributed by atoms with Gasteiger partial charge in [0, 0.05) is 18.7 Å². The molecule has 2 amide bonds. The predicted molar refractivity (Wildman–Crippen MR) is 71.2 cm³/mol. The van der Waals surface area contributed by atoms with Gasteiger partial charge in [0.2, 0.25) is 5.91 Å². The maximum Gasteiger partial charge on any atom is 0.254 e. The van der Waals surface area contributed by atoms with E-state index in [-0.39, 0.29) is 22.6 Å². The standard InChI is InChI=1S/C13H15ClN2O3/c1-13(2)12(19)15-5-6-16(13)11(18)8-3-4-10(17)9(14)7-8/h3-4,7,17H,5-6H2,1-2H3,(H,15,19). The molecule has 1 fully saturated rings. The molecule has 0 aliphatic carbocycles. The maximum atomic E-state index is 12.4. The average Bonchev–Trinajstić information content (AvgIpc) is 2.35. The zero-order valence-electron chi connectivity index (χ0n) is 10.7. The van der Waals surface area contributed by atoms with Crippen molar-refractivity contribution in [1.29, 1.82) is 0 Å². The van der Waals surface area contributed by atoms with Crippen LogP contribution >= 0.6 is 11.6 Å². The van der Waals surface area contributed by atoms with E-state index in [1.54, 1.807) is 13.8 Å².